The fourth-order valence-electron chi connectivity index (χ4n) is 3.72. The molecule has 4 rings (SSSR count). The van der Waals surface area contributed by atoms with Gasteiger partial charge in [-0.15, -0.1) is 0 Å². The standard InChI is InChI=1S/C26H28N4O/c31-26(23-12-6-2-7-13-23)25(28-27-24-14-8-3-9-15-24)21-30-18-16-29(17-19-30)20-22-10-4-1-5-11-22/h1-15,27H,16-21H2/b28-25-. The van der Waals surface area contributed by atoms with E-state index in [1.807, 2.05) is 60.7 Å². The molecular weight excluding hydrogens is 384 g/mol. The molecule has 158 valence electrons. The van der Waals surface area contributed by atoms with Gasteiger partial charge >= 0.3 is 0 Å². The van der Waals surface area contributed by atoms with E-state index in [-0.39, 0.29) is 5.78 Å². The van der Waals surface area contributed by atoms with Crippen molar-refractivity contribution in [2.45, 2.75) is 6.54 Å². The molecule has 0 spiro atoms. The van der Waals surface area contributed by atoms with Gasteiger partial charge in [0.25, 0.3) is 0 Å². The number of carbonyl (C=O) groups is 1. The number of Topliss-reactive ketones (excluding diaryl/α,β-unsaturated/α-hetero) is 1. The van der Waals surface area contributed by atoms with E-state index in [0.29, 0.717) is 17.8 Å². The number of rotatable bonds is 8. The summed E-state index contributed by atoms with van der Waals surface area (Å²) in [7, 11) is 0. The van der Waals surface area contributed by atoms with Gasteiger partial charge in [0.2, 0.25) is 5.78 Å². The molecule has 3 aromatic carbocycles. The van der Waals surface area contributed by atoms with Crippen molar-refractivity contribution in [3.8, 4) is 0 Å². The van der Waals surface area contributed by atoms with Gasteiger partial charge in [0, 0.05) is 44.8 Å². The van der Waals surface area contributed by atoms with Gasteiger partial charge < -0.3 is 0 Å². The van der Waals surface area contributed by atoms with Crippen molar-refractivity contribution in [3.05, 3.63) is 102 Å². The molecule has 0 atom stereocenters. The van der Waals surface area contributed by atoms with Crippen LogP contribution in [-0.2, 0) is 6.54 Å². The van der Waals surface area contributed by atoms with Crippen LogP contribution in [0.4, 0.5) is 5.69 Å². The van der Waals surface area contributed by atoms with Gasteiger partial charge in [-0.2, -0.15) is 5.10 Å². The summed E-state index contributed by atoms with van der Waals surface area (Å²) in [6.45, 7) is 5.29. The lowest BCUT2D eigenvalue weighted by Gasteiger charge is -2.34. The van der Waals surface area contributed by atoms with Gasteiger partial charge in [-0.1, -0.05) is 78.9 Å². The zero-order chi connectivity index (χ0) is 21.3. The van der Waals surface area contributed by atoms with Crippen LogP contribution >= 0.6 is 0 Å². The molecule has 1 heterocycles. The number of anilines is 1. The molecule has 5 nitrogen and oxygen atoms in total. The van der Waals surface area contributed by atoms with Gasteiger partial charge in [0.15, 0.2) is 0 Å². The molecule has 0 saturated carbocycles. The molecule has 5 heteroatoms. The molecule has 0 unspecified atom stereocenters. The Morgan fingerprint density at radius 2 is 1.29 bits per heavy atom. The number of hydrazone groups is 1. The quantitative estimate of drug-likeness (QED) is 0.343. The summed E-state index contributed by atoms with van der Waals surface area (Å²) in [5.74, 6) is -0.0317. The average molecular weight is 413 g/mol. The molecule has 1 saturated heterocycles. The number of ketones is 1. The molecule has 0 aromatic heterocycles. The first kappa shape index (κ1) is 21.0. The van der Waals surface area contributed by atoms with Gasteiger partial charge in [0.1, 0.15) is 5.71 Å². The Morgan fingerprint density at radius 1 is 0.742 bits per heavy atom. The first-order valence-electron chi connectivity index (χ1n) is 10.7. The summed E-state index contributed by atoms with van der Waals surface area (Å²) in [5, 5.41) is 4.51. The average Bonchev–Trinajstić information content (AvgIpc) is 2.84. The zero-order valence-electron chi connectivity index (χ0n) is 17.7. The van der Waals surface area contributed by atoms with E-state index in [0.717, 1.165) is 38.4 Å². The molecule has 1 fully saturated rings. The summed E-state index contributed by atoms with van der Waals surface area (Å²) >= 11 is 0. The van der Waals surface area contributed by atoms with Crippen molar-refractivity contribution in [1.82, 2.24) is 9.80 Å². The lowest BCUT2D eigenvalue weighted by atomic mass is 10.1. The van der Waals surface area contributed by atoms with Crippen LogP contribution in [0, 0.1) is 0 Å². The molecule has 1 aliphatic heterocycles. The van der Waals surface area contributed by atoms with Crippen LogP contribution in [0.15, 0.2) is 96.1 Å². The molecule has 0 amide bonds. The molecule has 3 aromatic rings. The van der Waals surface area contributed by atoms with Gasteiger partial charge in [-0.05, 0) is 17.7 Å². The minimum absolute atomic E-state index is 0.0317. The van der Waals surface area contributed by atoms with Crippen molar-refractivity contribution in [1.29, 1.82) is 0 Å². The molecule has 0 radical (unpaired) electrons. The summed E-state index contributed by atoms with van der Waals surface area (Å²) in [6, 6.07) is 29.7. The Hall–Kier alpha value is -3.28. The summed E-state index contributed by atoms with van der Waals surface area (Å²) in [6.07, 6.45) is 0. The molecule has 1 N–H and O–H groups in total. The maximum Gasteiger partial charge on any atom is 0.210 e. The fraction of sp³-hybridized carbons (Fsp3) is 0.231. The third-order valence-electron chi connectivity index (χ3n) is 5.48. The SMILES string of the molecule is O=C(/C(CN1CCN(Cc2ccccc2)CC1)=N\Nc1ccccc1)c1ccccc1. The first-order valence-corrected chi connectivity index (χ1v) is 10.7. The van der Waals surface area contributed by atoms with Crippen LogP contribution in [0.25, 0.3) is 0 Å². The molecule has 31 heavy (non-hydrogen) atoms. The molecular formula is C26H28N4O. The van der Waals surface area contributed by atoms with Gasteiger partial charge in [0.05, 0.1) is 5.69 Å². The number of para-hydroxylation sites is 1. The number of benzene rings is 3. The van der Waals surface area contributed by atoms with Crippen molar-refractivity contribution in [2.24, 2.45) is 5.10 Å². The minimum atomic E-state index is -0.0317. The Morgan fingerprint density at radius 3 is 1.94 bits per heavy atom. The van der Waals surface area contributed by atoms with Gasteiger partial charge in [-0.25, -0.2) is 0 Å². The van der Waals surface area contributed by atoms with Crippen LogP contribution in [-0.4, -0.2) is 54.0 Å². The largest absolute Gasteiger partial charge is 0.297 e. The van der Waals surface area contributed by atoms with Crippen molar-refractivity contribution < 1.29 is 4.79 Å². The van der Waals surface area contributed by atoms with Crippen LogP contribution in [0.2, 0.25) is 0 Å². The second-order valence-electron chi connectivity index (χ2n) is 7.77. The normalized spacial score (nSPS) is 15.5. The monoisotopic (exact) mass is 412 g/mol. The predicted molar refractivity (Wildman–Crippen MR) is 126 cm³/mol. The molecule has 0 aliphatic carbocycles. The smallest absolute Gasteiger partial charge is 0.210 e. The van der Waals surface area contributed by atoms with E-state index in [4.69, 9.17) is 0 Å². The van der Waals surface area contributed by atoms with E-state index in [9.17, 15) is 4.79 Å². The summed E-state index contributed by atoms with van der Waals surface area (Å²) in [4.78, 5) is 17.9. The Kier molecular flexibility index (Phi) is 7.21. The molecule has 1 aliphatic rings. The summed E-state index contributed by atoms with van der Waals surface area (Å²) < 4.78 is 0. The topological polar surface area (TPSA) is 47.9 Å². The third kappa shape index (κ3) is 6.10. The van der Waals surface area contributed by atoms with Crippen molar-refractivity contribution in [3.63, 3.8) is 0 Å². The maximum atomic E-state index is 13.1. The highest BCUT2D eigenvalue weighted by Crippen LogP contribution is 2.11. The summed E-state index contributed by atoms with van der Waals surface area (Å²) in [5.41, 5.74) is 6.46. The second-order valence-corrected chi connectivity index (χ2v) is 7.77. The van der Waals surface area contributed by atoms with Crippen molar-refractivity contribution in [2.75, 3.05) is 38.1 Å². The van der Waals surface area contributed by atoms with E-state index in [1.54, 1.807) is 0 Å². The van der Waals surface area contributed by atoms with Gasteiger partial charge in [-0.3, -0.25) is 20.0 Å². The van der Waals surface area contributed by atoms with Crippen molar-refractivity contribution >= 4 is 17.2 Å². The first-order chi connectivity index (χ1) is 15.3. The van der Waals surface area contributed by atoms with E-state index in [1.165, 1.54) is 5.56 Å². The van der Waals surface area contributed by atoms with Crippen LogP contribution in [0.5, 0.6) is 0 Å². The molecule has 0 bridgehead atoms. The van der Waals surface area contributed by atoms with E-state index < -0.39 is 0 Å². The number of hydrogen-bond donors (Lipinski definition) is 1. The number of carbonyl (C=O) groups excluding carboxylic acids is 1. The highest BCUT2D eigenvalue weighted by molar-refractivity contribution is 6.46. The Bertz CT molecular complexity index is 982. The number of nitrogens with zero attached hydrogens (tertiary/aromatic N) is 3. The predicted octanol–water partition coefficient (Wildman–Crippen LogP) is 4.16. The van der Waals surface area contributed by atoms with Crippen LogP contribution in [0.1, 0.15) is 15.9 Å². The van der Waals surface area contributed by atoms with E-state index >= 15 is 0 Å². The highest BCUT2D eigenvalue weighted by Gasteiger charge is 2.22. The lowest BCUT2D eigenvalue weighted by Crippen LogP contribution is -2.48. The van der Waals surface area contributed by atoms with E-state index in [2.05, 4.69) is 50.7 Å². The maximum absolute atomic E-state index is 13.1. The number of nitrogens with one attached hydrogen (secondary N) is 1. The Balaban J connectivity index is 1.40. The number of piperazine rings is 1. The Labute approximate surface area is 184 Å². The zero-order valence-corrected chi connectivity index (χ0v) is 17.7. The second kappa shape index (κ2) is 10.7. The minimum Gasteiger partial charge on any atom is -0.297 e. The third-order valence-corrected chi connectivity index (χ3v) is 5.48. The number of hydrogen-bond acceptors (Lipinski definition) is 5. The fourth-order valence-corrected chi connectivity index (χ4v) is 3.72. The lowest BCUT2D eigenvalue weighted by molar-refractivity contribution is 0.105. The van der Waals surface area contributed by atoms with Crippen LogP contribution < -0.4 is 5.43 Å². The van der Waals surface area contributed by atoms with Crippen LogP contribution in [0.3, 0.4) is 0 Å². The highest BCUT2D eigenvalue weighted by atomic mass is 16.1.